The maximum absolute atomic E-state index is 12.5. The first-order valence-corrected chi connectivity index (χ1v) is 8.00. The third-order valence-electron chi connectivity index (χ3n) is 3.78. The maximum Gasteiger partial charge on any atom is 0.199 e. The third kappa shape index (κ3) is 3.03. The van der Waals surface area contributed by atoms with Crippen LogP contribution >= 0.6 is 27.7 Å². The van der Waals surface area contributed by atoms with Gasteiger partial charge in [-0.05, 0) is 43.0 Å². The van der Waals surface area contributed by atoms with Gasteiger partial charge in [0.2, 0.25) is 0 Å². The Morgan fingerprint density at radius 3 is 2.53 bits per heavy atom. The lowest BCUT2D eigenvalue weighted by molar-refractivity contribution is 0.104. The number of hydrogen-bond acceptors (Lipinski definition) is 2. The average molecular weight is 337 g/mol. The number of halogens is 1. The molecule has 0 bridgehead atoms. The van der Waals surface area contributed by atoms with Crippen LogP contribution in [0.15, 0.2) is 50.7 Å². The summed E-state index contributed by atoms with van der Waals surface area (Å²) < 4.78 is 0.989. The van der Waals surface area contributed by atoms with Crippen LogP contribution in [-0.2, 0) is 0 Å². The largest absolute Gasteiger partial charge is 0.288 e. The highest BCUT2D eigenvalue weighted by Crippen LogP contribution is 2.42. The molecule has 3 heteroatoms. The number of thioether (sulfide) groups is 1. The average Bonchev–Trinajstić information content (AvgIpc) is 2.42. The van der Waals surface area contributed by atoms with E-state index >= 15 is 0 Å². The number of hydrogen-bond donors (Lipinski definition) is 0. The van der Waals surface area contributed by atoms with Crippen molar-refractivity contribution in [3.05, 3.63) is 56.3 Å². The highest BCUT2D eigenvalue weighted by atomic mass is 79.9. The molecular formula is C16H17BrOS. The fraction of sp³-hybridized carbons (Fsp3) is 0.312. The summed E-state index contributed by atoms with van der Waals surface area (Å²) in [7, 11) is 0. The lowest BCUT2D eigenvalue weighted by atomic mass is 9.80. The van der Waals surface area contributed by atoms with E-state index in [1.165, 1.54) is 17.3 Å². The molecule has 1 heterocycles. The molecule has 1 aliphatic rings. The Morgan fingerprint density at radius 2 is 1.95 bits per heavy atom. The molecule has 0 amide bonds. The van der Waals surface area contributed by atoms with Crippen LogP contribution in [0.1, 0.15) is 37.6 Å². The molecule has 0 saturated carbocycles. The molecule has 2 rings (SSSR count). The second-order valence-corrected chi connectivity index (χ2v) is 6.86. The zero-order valence-electron chi connectivity index (χ0n) is 11.4. The van der Waals surface area contributed by atoms with Crippen LogP contribution in [0.2, 0.25) is 0 Å². The third-order valence-corrected chi connectivity index (χ3v) is 5.34. The summed E-state index contributed by atoms with van der Waals surface area (Å²) in [5, 5.41) is 2.11. The molecule has 1 aromatic carbocycles. The summed E-state index contributed by atoms with van der Waals surface area (Å²) in [6.07, 6.45) is 3.13. The van der Waals surface area contributed by atoms with E-state index < -0.39 is 0 Å². The molecule has 100 valence electrons. The highest BCUT2D eigenvalue weighted by molar-refractivity contribution is 9.10. The summed E-state index contributed by atoms with van der Waals surface area (Å²) in [5.41, 5.74) is 2.08. The van der Waals surface area contributed by atoms with Crippen molar-refractivity contribution in [1.82, 2.24) is 0 Å². The van der Waals surface area contributed by atoms with Gasteiger partial charge >= 0.3 is 0 Å². The Labute approximate surface area is 127 Å². The van der Waals surface area contributed by atoms with Crippen LogP contribution in [-0.4, -0.2) is 5.78 Å². The summed E-state index contributed by atoms with van der Waals surface area (Å²) in [6.45, 7) is 6.48. The van der Waals surface area contributed by atoms with E-state index in [0.29, 0.717) is 0 Å². The fourth-order valence-corrected chi connectivity index (χ4v) is 3.36. The van der Waals surface area contributed by atoms with Crippen molar-refractivity contribution in [3.8, 4) is 0 Å². The Balaban J connectivity index is 2.30. The van der Waals surface area contributed by atoms with E-state index in [1.807, 2.05) is 24.3 Å². The van der Waals surface area contributed by atoms with Gasteiger partial charge in [-0.1, -0.05) is 53.2 Å². The highest BCUT2D eigenvalue weighted by Gasteiger charge is 2.28. The van der Waals surface area contributed by atoms with Crippen molar-refractivity contribution in [2.24, 2.45) is 5.41 Å². The van der Waals surface area contributed by atoms with Gasteiger partial charge in [0, 0.05) is 15.5 Å². The van der Waals surface area contributed by atoms with Gasteiger partial charge in [-0.3, -0.25) is 4.79 Å². The van der Waals surface area contributed by atoms with Crippen molar-refractivity contribution in [2.75, 3.05) is 0 Å². The van der Waals surface area contributed by atoms with Crippen molar-refractivity contribution >= 4 is 33.5 Å². The second kappa shape index (κ2) is 5.68. The molecule has 0 fully saturated rings. The minimum absolute atomic E-state index is 0.00556. The predicted molar refractivity (Wildman–Crippen MR) is 86.3 cm³/mol. The number of carbonyl (C=O) groups is 1. The Morgan fingerprint density at radius 1 is 1.32 bits per heavy atom. The van der Waals surface area contributed by atoms with E-state index in [9.17, 15) is 4.79 Å². The van der Waals surface area contributed by atoms with Crippen LogP contribution in [0.25, 0.3) is 0 Å². The van der Waals surface area contributed by atoms with E-state index in [4.69, 9.17) is 0 Å². The number of ketones is 1. The molecular weight excluding hydrogens is 320 g/mol. The van der Waals surface area contributed by atoms with Gasteiger partial charge in [0.15, 0.2) is 5.78 Å². The first-order valence-electron chi connectivity index (χ1n) is 6.33. The first-order chi connectivity index (χ1) is 8.96. The van der Waals surface area contributed by atoms with E-state index in [0.717, 1.165) is 21.4 Å². The van der Waals surface area contributed by atoms with Crippen LogP contribution in [0, 0.1) is 5.41 Å². The van der Waals surface area contributed by atoms with Gasteiger partial charge in [-0.15, -0.1) is 0 Å². The minimum atomic E-state index is 0.00556. The summed E-state index contributed by atoms with van der Waals surface area (Å²) in [6, 6.07) is 7.54. The lowest BCUT2D eigenvalue weighted by Gasteiger charge is -2.30. The molecule has 19 heavy (non-hydrogen) atoms. The van der Waals surface area contributed by atoms with Gasteiger partial charge in [-0.25, -0.2) is 0 Å². The number of allylic oxidation sites excluding steroid dienone is 3. The summed E-state index contributed by atoms with van der Waals surface area (Å²) >= 11 is 4.92. The summed E-state index contributed by atoms with van der Waals surface area (Å²) in [4.78, 5) is 13.3. The van der Waals surface area contributed by atoms with Gasteiger partial charge in [0.25, 0.3) is 0 Å². The Hall–Kier alpha value is -0.800. The quantitative estimate of drug-likeness (QED) is 0.670. The fourth-order valence-electron chi connectivity index (χ4n) is 1.97. The Bertz CT molecular complexity index is 557. The van der Waals surface area contributed by atoms with E-state index in [-0.39, 0.29) is 11.2 Å². The van der Waals surface area contributed by atoms with Gasteiger partial charge in [0.1, 0.15) is 0 Å². The molecule has 1 aliphatic heterocycles. The maximum atomic E-state index is 12.5. The predicted octanol–water partition coefficient (Wildman–Crippen LogP) is 5.58. The van der Waals surface area contributed by atoms with Crippen molar-refractivity contribution < 1.29 is 4.79 Å². The molecule has 0 radical (unpaired) electrons. The van der Waals surface area contributed by atoms with Crippen LogP contribution < -0.4 is 0 Å². The Kier molecular flexibility index (Phi) is 4.36. The number of carbonyl (C=O) groups excluding carboxylic acids is 1. The van der Waals surface area contributed by atoms with Crippen LogP contribution in [0.5, 0.6) is 0 Å². The molecule has 0 spiro atoms. The molecule has 1 aromatic rings. The standard InChI is InChI=1S/C16H17BrOS/c1-4-16(3)9-14(19-10-11(16)2)15(18)12-5-7-13(17)8-6-12/h5-10H,4H2,1-3H3. The minimum Gasteiger partial charge on any atom is -0.288 e. The molecule has 1 unspecified atom stereocenters. The van der Waals surface area contributed by atoms with E-state index in [2.05, 4.69) is 48.2 Å². The number of Topliss-reactive ketones (excluding diaryl/α,β-unsaturated/α-hetero) is 1. The lowest BCUT2D eigenvalue weighted by Crippen LogP contribution is -2.18. The van der Waals surface area contributed by atoms with E-state index in [1.54, 1.807) is 0 Å². The number of rotatable bonds is 3. The molecule has 0 aliphatic carbocycles. The molecule has 0 aromatic heterocycles. The zero-order valence-corrected chi connectivity index (χ0v) is 13.8. The van der Waals surface area contributed by atoms with Gasteiger partial charge in [0.05, 0.1) is 4.91 Å². The monoisotopic (exact) mass is 336 g/mol. The molecule has 1 atom stereocenters. The SMILES string of the molecule is CCC1(C)C=C(C(=O)c2ccc(Br)cc2)SC=C1C. The second-order valence-electron chi connectivity index (χ2n) is 5.03. The zero-order chi connectivity index (χ0) is 14.0. The smallest absolute Gasteiger partial charge is 0.199 e. The number of benzene rings is 1. The molecule has 0 N–H and O–H groups in total. The van der Waals surface area contributed by atoms with Crippen molar-refractivity contribution in [2.45, 2.75) is 27.2 Å². The topological polar surface area (TPSA) is 17.1 Å². The van der Waals surface area contributed by atoms with Crippen molar-refractivity contribution in [3.63, 3.8) is 0 Å². The molecule has 0 saturated heterocycles. The van der Waals surface area contributed by atoms with Gasteiger partial charge < -0.3 is 0 Å². The normalized spacial score (nSPS) is 22.7. The van der Waals surface area contributed by atoms with Gasteiger partial charge in [-0.2, -0.15) is 0 Å². The molecule has 1 nitrogen and oxygen atoms in total. The van der Waals surface area contributed by atoms with Crippen molar-refractivity contribution in [1.29, 1.82) is 0 Å². The first kappa shape index (κ1) is 14.6. The summed E-state index contributed by atoms with van der Waals surface area (Å²) in [5.74, 6) is 0.112. The van der Waals surface area contributed by atoms with Crippen LogP contribution in [0.4, 0.5) is 0 Å². The van der Waals surface area contributed by atoms with Crippen LogP contribution in [0.3, 0.4) is 0 Å².